The Labute approximate surface area is 184 Å². The molecule has 7 nitrogen and oxygen atoms in total. The van der Waals surface area contributed by atoms with E-state index in [0.717, 1.165) is 79.3 Å². The van der Waals surface area contributed by atoms with Gasteiger partial charge in [-0.2, -0.15) is 0 Å². The van der Waals surface area contributed by atoms with Crippen LogP contribution in [0.2, 0.25) is 0 Å². The number of amides is 1. The molecule has 166 valence electrons. The quantitative estimate of drug-likeness (QED) is 0.698. The summed E-state index contributed by atoms with van der Waals surface area (Å²) in [5.74, 6) is 1.04. The van der Waals surface area contributed by atoms with Crippen LogP contribution in [0.5, 0.6) is 5.75 Å². The summed E-state index contributed by atoms with van der Waals surface area (Å²) in [7, 11) is 1.79. The minimum Gasteiger partial charge on any atom is -0.492 e. The Kier molecular flexibility index (Phi) is 6.83. The van der Waals surface area contributed by atoms with E-state index in [9.17, 15) is 4.79 Å². The maximum absolute atomic E-state index is 12.3. The summed E-state index contributed by atoms with van der Waals surface area (Å²) in [6, 6.07) is 5.84. The molecule has 1 saturated carbocycles. The van der Waals surface area contributed by atoms with Crippen LogP contribution in [0.25, 0.3) is 11.1 Å². The number of nitrogens with zero attached hydrogens (tertiary/aromatic N) is 3. The standard InChI is InChI=1S/C24H32N4O3/c1-16-23(17(2)26-15-25-16)21-14-19(27-24(29)18-4-5-18)6-7-22(21)31-13-12-28-10-8-20(30-3)9-11-28/h6-7,14-15,18,20H,4-5,8-13H2,1-3H3,(H,27,29). The highest BCUT2D eigenvalue weighted by atomic mass is 16.5. The number of aryl methyl sites for hydroxylation is 2. The Morgan fingerprint density at radius 3 is 2.48 bits per heavy atom. The fraction of sp³-hybridized carbons (Fsp3) is 0.542. The number of rotatable bonds is 8. The normalized spacial score (nSPS) is 17.5. The number of carbonyl (C=O) groups is 1. The topological polar surface area (TPSA) is 76.6 Å². The van der Waals surface area contributed by atoms with Gasteiger partial charge in [0.05, 0.1) is 6.10 Å². The molecule has 4 rings (SSSR count). The molecule has 2 fully saturated rings. The van der Waals surface area contributed by atoms with Crippen molar-refractivity contribution < 1.29 is 14.3 Å². The number of piperidine rings is 1. The second kappa shape index (κ2) is 9.75. The van der Waals surface area contributed by atoms with Gasteiger partial charge >= 0.3 is 0 Å². The lowest BCUT2D eigenvalue weighted by atomic mass is 10.0. The van der Waals surface area contributed by atoms with Gasteiger partial charge in [-0.1, -0.05) is 0 Å². The molecule has 2 heterocycles. The summed E-state index contributed by atoms with van der Waals surface area (Å²) in [6.45, 7) is 7.49. The first kappa shape index (κ1) is 21.7. The van der Waals surface area contributed by atoms with E-state index in [2.05, 4.69) is 20.2 Å². The van der Waals surface area contributed by atoms with Crippen LogP contribution < -0.4 is 10.1 Å². The zero-order valence-corrected chi connectivity index (χ0v) is 18.7. The molecule has 0 bridgehead atoms. The fourth-order valence-corrected chi connectivity index (χ4v) is 4.15. The molecule has 0 radical (unpaired) electrons. The molecule has 1 aliphatic carbocycles. The first-order chi connectivity index (χ1) is 15.0. The van der Waals surface area contributed by atoms with Crippen molar-refractivity contribution >= 4 is 11.6 Å². The number of likely N-dealkylation sites (tertiary alicyclic amines) is 1. The van der Waals surface area contributed by atoms with Crippen LogP contribution in [-0.2, 0) is 9.53 Å². The van der Waals surface area contributed by atoms with Gasteiger partial charge in [-0.05, 0) is 57.7 Å². The summed E-state index contributed by atoms with van der Waals surface area (Å²) in [4.78, 5) is 23.4. The Morgan fingerprint density at radius 1 is 1.13 bits per heavy atom. The van der Waals surface area contributed by atoms with E-state index >= 15 is 0 Å². The van der Waals surface area contributed by atoms with Crippen LogP contribution in [0.15, 0.2) is 24.5 Å². The highest BCUT2D eigenvalue weighted by Crippen LogP contribution is 2.36. The van der Waals surface area contributed by atoms with Crippen LogP contribution in [0.1, 0.15) is 37.1 Å². The molecule has 1 aromatic carbocycles. The van der Waals surface area contributed by atoms with Crippen molar-refractivity contribution in [1.82, 2.24) is 14.9 Å². The predicted molar refractivity (Wildman–Crippen MR) is 120 cm³/mol. The lowest BCUT2D eigenvalue weighted by Gasteiger charge is -2.31. The molecular formula is C24H32N4O3. The zero-order valence-electron chi connectivity index (χ0n) is 18.7. The number of benzene rings is 1. The highest BCUT2D eigenvalue weighted by molar-refractivity contribution is 5.95. The predicted octanol–water partition coefficient (Wildman–Crippen LogP) is 3.60. The molecule has 2 aliphatic rings. The van der Waals surface area contributed by atoms with E-state index in [1.165, 1.54) is 0 Å². The SMILES string of the molecule is COC1CCN(CCOc2ccc(NC(=O)C3CC3)cc2-c2c(C)ncnc2C)CC1. The van der Waals surface area contributed by atoms with Crippen LogP contribution in [0, 0.1) is 19.8 Å². The molecule has 1 N–H and O–H groups in total. The van der Waals surface area contributed by atoms with Crippen molar-refractivity contribution in [3.8, 4) is 16.9 Å². The van der Waals surface area contributed by atoms with Gasteiger partial charge in [-0.25, -0.2) is 9.97 Å². The Bertz CT molecular complexity index is 901. The van der Waals surface area contributed by atoms with Crippen LogP contribution >= 0.6 is 0 Å². The van der Waals surface area contributed by atoms with E-state index in [1.54, 1.807) is 13.4 Å². The summed E-state index contributed by atoms with van der Waals surface area (Å²) < 4.78 is 11.7. The molecule has 0 unspecified atom stereocenters. The van der Waals surface area contributed by atoms with Crippen LogP contribution in [-0.4, -0.2) is 60.2 Å². The summed E-state index contributed by atoms with van der Waals surface area (Å²) in [5.41, 5.74) is 4.45. The van der Waals surface area contributed by atoms with Gasteiger partial charge in [-0.15, -0.1) is 0 Å². The summed E-state index contributed by atoms with van der Waals surface area (Å²) in [6.07, 6.45) is 6.05. The number of nitrogens with one attached hydrogen (secondary N) is 1. The van der Waals surface area contributed by atoms with Crippen LogP contribution in [0.3, 0.4) is 0 Å². The summed E-state index contributed by atoms with van der Waals surface area (Å²) in [5, 5.41) is 3.04. The maximum Gasteiger partial charge on any atom is 0.227 e. The minimum absolute atomic E-state index is 0.0943. The van der Waals surface area contributed by atoms with Crippen molar-refractivity contribution in [2.45, 2.75) is 45.6 Å². The molecule has 1 aliphatic heterocycles. The van der Waals surface area contributed by atoms with Crippen molar-refractivity contribution in [3.63, 3.8) is 0 Å². The molecule has 0 spiro atoms. The van der Waals surface area contributed by atoms with Crippen LogP contribution in [0.4, 0.5) is 5.69 Å². The first-order valence-corrected chi connectivity index (χ1v) is 11.2. The molecule has 1 amide bonds. The highest BCUT2D eigenvalue weighted by Gasteiger charge is 2.29. The average molecular weight is 425 g/mol. The van der Waals surface area contributed by atoms with Gasteiger partial charge in [0.25, 0.3) is 0 Å². The van der Waals surface area contributed by atoms with E-state index < -0.39 is 0 Å². The van der Waals surface area contributed by atoms with Crippen molar-refractivity contribution in [3.05, 3.63) is 35.9 Å². The number of hydrogen-bond donors (Lipinski definition) is 1. The molecular weight excluding hydrogens is 392 g/mol. The average Bonchev–Trinajstić information content (AvgIpc) is 3.61. The van der Waals surface area contributed by atoms with E-state index in [1.807, 2.05) is 32.0 Å². The lowest BCUT2D eigenvalue weighted by Crippen LogP contribution is -2.38. The number of ether oxygens (including phenoxy) is 2. The first-order valence-electron chi connectivity index (χ1n) is 11.2. The van der Waals surface area contributed by atoms with E-state index in [-0.39, 0.29) is 11.8 Å². The third-order valence-electron chi connectivity index (χ3n) is 6.22. The molecule has 31 heavy (non-hydrogen) atoms. The number of hydrogen-bond acceptors (Lipinski definition) is 6. The number of aromatic nitrogens is 2. The van der Waals surface area contributed by atoms with Gasteiger partial charge in [0, 0.05) is 60.9 Å². The van der Waals surface area contributed by atoms with Gasteiger partial charge in [-0.3, -0.25) is 9.69 Å². The van der Waals surface area contributed by atoms with E-state index in [0.29, 0.717) is 12.7 Å². The Morgan fingerprint density at radius 2 is 1.84 bits per heavy atom. The second-order valence-electron chi connectivity index (χ2n) is 8.52. The number of anilines is 1. The molecule has 1 aromatic heterocycles. The number of methoxy groups -OCH3 is 1. The fourth-order valence-electron chi connectivity index (χ4n) is 4.15. The van der Waals surface area contributed by atoms with Gasteiger partial charge in [0.1, 0.15) is 18.7 Å². The Balaban J connectivity index is 1.50. The zero-order chi connectivity index (χ0) is 21.8. The number of carbonyl (C=O) groups excluding carboxylic acids is 1. The van der Waals surface area contributed by atoms with Gasteiger partial charge < -0.3 is 14.8 Å². The van der Waals surface area contributed by atoms with Gasteiger partial charge in [0.2, 0.25) is 5.91 Å². The largest absolute Gasteiger partial charge is 0.492 e. The third kappa shape index (κ3) is 5.40. The smallest absolute Gasteiger partial charge is 0.227 e. The van der Waals surface area contributed by atoms with E-state index in [4.69, 9.17) is 9.47 Å². The lowest BCUT2D eigenvalue weighted by molar-refractivity contribution is -0.117. The third-order valence-corrected chi connectivity index (χ3v) is 6.22. The minimum atomic E-state index is 0.0943. The van der Waals surface area contributed by atoms with Gasteiger partial charge in [0.15, 0.2) is 0 Å². The molecule has 0 atom stereocenters. The molecule has 2 aromatic rings. The maximum atomic E-state index is 12.3. The van der Waals surface area contributed by atoms with Crippen molar-refractivity contribution in [1.29, 1.82) is 0 Å². The second-order valence-corrected chi connectivity index (χ2v) is 8.52. The molecule has 7 heteroatoms. The summed E-state index contributed by atoms with van der Waals surface area (Å²) >= 11 is 0. The molecule has 1 saturated heterocycles. The van der Waals surface area contributed by atoms with Crippen molar-refractivity contribution in [2.24, 2.45) is 5.92 Å². The van der Waals surface area contributed by atoms with Crippen molar-refractivity contribution in [2.75, 3.05) is 38.7 Å². The Hall–Kier alpha value is -2.51. The monoisotopic (exact) mass is 424 g/mol.